The Bertz CT molecular complexity index is 648. The summed E-state index contributed by atoms with van der Waals surface area (Å²) < 4.78 is 10.4. The maximum absolute atomic E-state index is 10.6. The van der Waals surface area contributed by atoms with Crippen molar-refractivity contribution >= 4 is 5.69 Å². The summed E-state index contributed by atoms with van der Waals surface area (Å²) in [6, 6.07) is 3.90. The van der Waals surface area contributed by atoms with Crippen molar-refractivity contribution < 1.29 is 19.3 Å². The van der Waals surface area contributed by atoms with Crippen LogP contribution in [0.3, 0.4) is 0 Å². The summed E-state index contributed by atoms with van der Waals surface area (Å²) in [5, 5.41) is 24.1. The van der Waals surface area contributed by atoms with E-state index < -0.39 is 10.7 Å². The van der Waals surface area contributed by atoms with E-state index in [1.54, 1.807) is 0 Å². The van der Waals surface area contributed by atoms with E-state index in [0.717, 1.165) is 6.42 Å². The van der Waals surface area contributed by atoms with Gasteiger partial charge in [0.15, 0.2) is 11.6 Å². The fourth-order valence-corrected chi connectivity index (χ4v) is 2.07. The lowest BCUT2D eigenvalue weighted by molar-refractivity contribution is -0.385. The second kappa shape index (κ2) is 4.89. The number of hydrogen-bond acceptors (Lipinski definition) is 7. The number of nitro benzene ring substituents is 1. The zero-order valence-electron chi connectivity index (χ0n) is 10.4. The molecule has 1 aromatic heterocycles. The van der Waals surface area contributed by atoms with Crippen LogP contribution in [0, 0.1) is 10.1 Å². The molecule has 0 spiro atoms. The Kier molecular flexibility index (Phi) is 3.07. The first-order chi connectivity index (χ1) is 9.65. The number of nitrogens with zero attached hydrogens (tertiary/aromatic N) is 3. The van der Waals surface area contributed by atoms with Crippen molar-refractivity contribution in [2.24, 2.45) is 0 Å². The van der Waals surface area contributed by atoms with Gasteiger partial charge < -0.3 is 14.4 Å². The summed E-state index contributed by atoms with van der Waals surface area (Å²) in [6.45, 7) is 1.23. The van der Waals surface area contributed by atoms with Gasteiger partial charge in [-0.15, -0.1) is 0 Å². The quantitative estimate of drug-likeness (QED) is 0.673. The van der Waals surface area contributed by atoms with Crippen molar-refractivity contribution in [2.75, 3.05) is 13.2 Å². The van der Waals surface area contributed by atoms with Crippen LogP contribution >= 0.6 is 0 Å². The van der Waals surface area contributed by atoms with Crippen molar-refractivity contribution in [3.63, 3.8) is 0 Å². The van der Waals surface area contributed by atoms with Crippen molar-refractivity contribution in [1.82, 2.24) is 10.1 Å². The minimum atomic E-state index is -0.659. The Balaban J connectivity index is 1.89. The predicted octanol–water partition coefficient (Wildman–Crippen LogP) is 1.85. The van der Waals surface area contributed by atoms with E-state index in [0.29, 0.717) is 24.6 Å². The van der Waals surface area contributed by atoms with Gasteiger partial charge in [-0.25, -0.2) is 0 Å². The van der Waals surface area contributed by atoms with Gasteiger partial charge in [-0.05, 0) is 18.6 Å². The molecule has 1 aliphatic heterocycles. The number of ether oxygens (including phenoxy) is 1. The van der Waals surface area contributed by atoms with Crippen LogP contribution in [0.2, 0.25) is 0 Å². The number of benzene rings is 1. The fourth-order valence-electron chi connectivity index (χ4n) is 2.07. The van der Waals surface area contributed by atoms with E-state index in [1.807, 2.05) is 0 Å². The molecule has 3 rings (SSSR count). The third kappa shape index (κ3) is 2.21. The van der Waals surface area contributed by atoms with Gasteiger partial charge in [0.25, 0.3) is 5.89 Å². The highest BCUT2D eigenvalue weighted by Gasteiger charge is 2.24. The van der Waals surface area contributed by atoms with Gasteiger partial charge in [-0.1, -0.05) is 5.16 Å². The first-order valence-corrected chi connectivity index (χ1v) is 6.04. The normalized spacial score (nSPS) is 18.3. The van der Waals surface area contributed by atoms with E-state index in [2.05, 4.69) is 10.1 Å². The monoisotopic (exact) mass is 277 g/mol. The van der Waals surface area contributed by atoms with E-state index in [4.69, 9.17) is 9.26 Å². The third-order valence-corrected chi connectivity index (χ3v) is 3.16. The molecular weight excluding hydrogens is 266 g/mol. The summed E-state index contributed by atoms with van der Waals surface area (Å²) in [6.07, 6.45) is 0.838. The molecule has 0 saturated carbocycles. The number of phenolic OH excluding ortho intramolecular Hbond substituents is 1. The number of rotatable bonds is 3. The van der Waals surface area contributed by atoms with Gasteiger partial charge >= 0.3 is 5.69 Å². The SMILES string of the molecule is O=[N+]([O-])c1ccc(-c2nc([C@H]3CCOC3)no2)cc1O. The van der Waals surface area contributed by atoms with Gasteiger partial charge in [-0.2, -0.15) is 4.98 Å². The summed E-state index contributed by atoms with van der Waals surface area (Å²) in [5.74, 6) is 0.447. The van der Waals surface area contributed by atoms with E-state index in [1.165, 1.54) is 18.2 Å². The number of aromatic hydroxyl groups is 1. The van der Waals surface area contributed by atoms with E-state index in [-0.39, 0.29) is 17.5 Å². The Morgan fingerprint density at radius 1 is 1.45 bits per heavy atom. The Hall–Kier alpha value is -2.48. The molecule has 1 aliphatic rings. The van der Waals surface area contributed by atoms with Crippen molar-refractivity contribution in [3.8, 4) is 17.2 Å². The number of aromatic nitrogens is 2. The highest BCUT2D eigenvalue weighted by Crippen LogP contribution is 2.31. The minimum Gasteiger partial charge on any atom is -0.502 e. The van der Waals surface area contributed by atoms with Crippen LogP contribution in [0.5, 0.6) is 5.75 Å². The Morgan fingerprint density at radius 2 is 2.30 bits per heavy atom. The molecule has 1 N–H and O–H groups in total. The fraction of sp³-hybridized carbons (Fsp3) is 0.333. The predicted molar refractivity (Wildman–Crippen MR) is 66.2 cm³/mol. The molecule has 0 amide bonds. The molecule has 1 saturated heterocycles. The van der Waals surface area contributed by atoms with Crippen LogP contribution in [0.4, 0.5) is 5.69 Å². The van der Waals surface area contributed by atoms with Crippen molar-refractivity contribution in [1.29, 1.82) is 0 Å². The molecule has 2 aromatic rings. The molecule has 8 heteroatoms. The lowest BCUT2D eigenvalue weighted by Gasteiger charge is -1.99. The molecule has 0 bridgehead atoms. The zero-order chi connectivity index (χ0) is 14.1. The van der Waals surface area contributed by atoms with Crippen LogP contribution in [0.25, 0.3) is 11.5 Å². The summed E-state index contributed by atoms with van der Waals surface area (Å²) in [7, 11) is 0. The largest absolute Gasteiger partial charge is 0.502 e. The standard InChI is InChI=1S/C12H11N3O5/c16-10-5-7(1-2-9(10)15(17)18)12-13-11(14-20-12)8-3-4-19-6-8/h1-2,5,8,16H,3-4,6H2/t8-/m0/s1. The lowest BCUT2D eigenvalue weighted by atomic mass is 10.1. The molecular formula is C12H11N3O5. The summed E-state index contributed by atoms with van der Waals surface area (Å²) in [4.78, 5) is 14.2. The highest BCUT2D eigenvalue weighted by molar-refractivity contribution is 5.61. The summed E-state index contributed by atoms with van der Waals surface area (Å²) >= 11 is 0. The molecule has 1 fully saturated rings. The first-order valence-electron chi connectivity index (χ1n) is 6.04. The van der Waals surface area contributed by atoms with Gasteiger partial charge in [0, 0.05) is 24.2 Å². The maximum atomic E-state index is 10.6. The molecule has 2 heterocycles. The zero-order valence-corrected chi connectivity index (χ0v) is 10.4. The second-order valence-electron chi connectivity index (χ2n) is 4.48. The number of nitro groups is 1. The average molecular weight is 277 g/mol. The summed E-state index contributed by atoms with van der Waals surface area (Å²) in [5.41, 5.74) is 0.0726. The molecule has 0 aliphatic carbocycles. The van der Waals surface area contributed by atoms with Crippen LogP contribution < -0.4 is 0 Å². The van der Waals surface area contributed by atoms with E-state index >= 15 is 0 Å². The van der Waals surface area contributed by atoms with Gasteiger partial charge in [0.2, 0.25) is 0 Å². The van der Waals surface area contributed by atoms with Gasteiger partial charge in [-0.3, -0.25) is 10.1 Å². The Morgan fingerprint density at radius 3 is 2.95 bits per heavy atom. The lowest BCUT2D eigenvalue weighted by Crippen LogP contribution is -1.99. The molecule has 20 heavy (non-hydrogen) atoms. The third-order valence-electron chi connectivity index (χ3n) is 3.16. The van der Waals surface area contributed by atoms with Crippen molar-refractivity contribution in [2.45, 2.75) is 12.3 Å². The van der Waals surface area contributed by atoms with Crippen molar-refractivity contribution in [3.05, 3.63) is 34.1 Å². The smallest absolute Gasteiger partial charge is 0.310 e. The number of hydrogen-bond donors (Lipinski definition) is 1. The average Bonchev–Trinajstić information content (AvgIpc) is 3.09. The van der Waals surface area contributed by atoms with Gasteiger partial charge in [0.1, 0.15) is 0 Å². The van der Waals surface area contributed by atoms with E-state index in [9.17, 15) is 15.2 Å². The molecule has 1 aromatic carbocycles. The van der Waals surface area contributed by atoms with Crippen LogP contribution in [-0.4, -0.2) is 33.4 Å². The first kappa shape index (κ1) is 12.5. The van der Waals surface area contributed by atoms with Gasteiger partial charge in [0.05, 0.1) is 11.5 Å². The molecule has 1 atom stereocenters. The number of phenols is 1. The highest BCUT2D eigenvalue weighted by atomic mass is 16.6. The van der Waals surface area contributed by atoms with Crippen LogP contribution in [0.1, 0.15) is 18.2 Å². The van der Waals surface area contributed by atoms with Crippen LogP contribution in [0.15, 0.2) is 22.7 Å². The molecule has 104 valence electrons. The minimum absolute atomic E-state index is 0.110. The Labute approximate surface area is 113 Å². The molecule has 8 nitrogen and oxygen atoms in total. The maximum Gasteiger partial charge on any atom is 0.310 e. The topological polar surface area (TPSA) is 112 Å². The second-order valence-corrected chi connectivity index (χ2v) is 4.48. The van der Waals surface area contributed by atoms with Crippen LogP contribution in [-0.2, 0) is 4.74 Å². The molecule has 0 unspecified atom stereocenters. The molecule has 0 radical (unpaired) electrons.